The second kappa shape index (κ2) is 4.31. The summed E-state index contributed by atoms with van der Waals surface area (Å²) in [6.45, 7) is 1.78. The van der Waals surface area contributed by atoms with E-state index >= 15 is 0 Å². The maximum Gasteiger partial charge on any atom is 0.183 e. The fraction of sp³-hybridized carbons (Fsp3) is 0.154. The standard InChI is InChI=1S/C13H12FN5/c1-8-17-12-11(15-7-16-12)13(18-8)19(2)10-6-4-3-5-9(10)14/h3-7H,1-2H3,(H,15,16,17,18). The average molecular weight is 257 g/mol. The minimum Gasteiger partial charge on any atom is -0.340 e. The van der Waals surface area contributed by atoms with Crippen molar-refractivity contribution in [2.75, 3.05) is 11.9 Å². The van der Waals surface area contributed by atoms with Crippen molar-refractivity contribution in [2.24, 2.45) is 0 Å². The zero-order valence-electron chi connectivity index (χ0n) is 10.6. The molecule has 0 aliphatic heterocycles. The molecule has 0 saturated heterocycles. The van der Waals surface area contributed by atoms with Gasteiger partial charge in [-0.15, -0.1) is 0 Å². The summed E-state index contributed by atoms with van der Waals surface area (Å²) in [5.41, 5.74) is 1.72. The van der Waals surface area contributed by atoms with Gasteiger partial charge in [-0.05, 0) is 19.1 Å². The first-order valence-corrected chi connectivity index (χ1v) is 5.83. The first-order chi connectivity index (χ1) is 9.16. The number of aryl methyl sites for hydroxylation is 1. The molecule has 2 heterocycles. The molecule has 96 valence electrons. The molecule has 6 heteroatoms. The van der Waals surface area contributed by atoms with E-state index in [1.54, 1.807) is 43.4 Å². The highest BCUT2D eigenvalue weighted by Gasteiger charge is 2.15. The Hall–Kier alpha value is -2.50. The number of rotatable bonds is 2. The van der Waals surface area contributed by atoms with Crippen molar-refractivity contribution >= 4 is 22.7 Å². The number of benzene rings is 1. The largest absolute Gasteiger partial charge is 0.340 e. The van der Waals surface area contributed by atoms with Crippen LogP contribution in [0.25, 0.3) is 11.2 Å². The van der Waals surface area contributed by atoms with Crippen LogP contribution in [0.5, 0.6) is 0 Å². The minimum absolute atomic E-state index is 0.297. The highest BCUT2D eigenvalue weighted by atomic mass is 19.1. The van der Waals surface area contributed by atoms with E-state index in [1.807, 2.05) is 0 Å². The Labute approximate surface area is 109 Å². The summed E-state index contributed by atoms with van der Waals surface area (Å²) in [6.07, 6.45) is 1.55. The van der Waals surface area contributed by atoms with E-state index in [9.17, 15) is 4.39 Å². The second-order valence-corrected chi connectivity index (χ2v) is 4.21. The first kappa shape index (κ1) is 11.6. The molecule has 0 spiro atoms. The van der Waals surface area contributed by atoms with Crippen LogP contribution in [0, 0.1) is 12.7 Å². The van der Waals surface area contributed by atoms with Gasteiger partial charge in [-0.1, -0.05) is 12.1 Å². The van der Waals surface area contributed by atoms with Gasteiger partial charge in [0.15, 0.2) is 11.5 Å². The summed E-state index contributed by atoms with van der Waals surface area (Å²) < 4.78 is 13.8. The van der Waals surface area contributed by atoms with E-state index in [0.29, 0.717) is 28.5 Å². The number of halogens is 1. The molecule has 0 bridgehead atoms. The molecule has 0 saturated carbocycles. The lowest BCUT2D eigenvalue weighted by molar-refractivity contribution is 0.627. The Bertz CT molecular complexity index is 737. The first-order valence-electron chi connectivity index (χ1n) is 5.83. The summed E-state index contributed by atoms with van der Waals surface area (Å²) in [6, 6.07) is 6.57. The Morgan fingerprint density at radius 2 is 2.00 bits per heavy atom. The summed E-state index contributed by atoms with van der Waals surface area (Å²) in [4.78, 5) is 17.4. The Balaban J connectivity index is 2.19. The van der Waals surface area contributed by atoms with Gasteiger partial charge >= 0.3 is 0 Å². The zero-order valence-corrected chi connectivity index (χ0v) is 10.6. The normalized spacial score (nSPS) is 10.9. The third-order valence-corrected chi connectivity index (χ3v) is 2.91. The number of nitrogens with one attached hydrogen (secondary N) is 1. The molecule has 0 radical (unpaired) electrons. The molecule has 0 atom stereocenters. The van der Waals surface area contributed by atoms with Gasteiger partial charge in [-0.2, -0.15) is 0 Å². The molecule has 19 heavy (non-hydrogen) atoms. The molecule has 0 unspecified atom stereocenters. The topological polar surface area (TPSA) is 57.7 Å². The predicted molar refractivity (Wildman–Crippen MR) is 70.9 cm³/mol. The molecule has 0 fully saturated rings. The average Bonchev–Trinajstić information content (AvgIpc) is 2.85. The van der Waals surface area contributed by atoms with E-state index in [0.717, 1.165) is 0 Å². The predicted octanol–water partition coefficient (Wildman–Crippen LogP) is 2.57. The maximum atomic E-state index is 13.8. The summed E-state index contributed by atoms with van der Waals surface area (Å²) in [5.74, 6) is 0.900. The van der Waals surface area contributed by atoms with Crippen LogP contribution in [0.2, 0.25) is 0 Å². The van der Waals surface area contributed by atoms with Gasteiger partial charge in [0.2, 0.25) is 0 Å². The van der Waals surface area contributed by atoms with Gasteiger partial charge in [0, 0.05) is 7.05 Å². The van der Waals surface area contributed by atoms with Crippen molar-refractivity contribution in [1.29, 1.82) is 0 Å². The monoisotopic (exact) mass is 257 g/mol. The van der Waals surface area contributed by atoms with Gasteiger partial charge in [0.1, 0.15) is 17.2 Å². The van der Waals surface area contributed by atoms with Crippen molar-refractivity contribution in [3.05, 3.63) is 42.2 Å². The molecule has 5 nitrogen and oxygen atoms in total. The Kier molecular flexibility index (Phi) is 2.63. The van der Waals surface area contributed by atoms with E-state index in [2.05, 4.69) is 19.9 Å². The third-order valence-electron chi connectivity index (χ3n) is 2.91. The van der Waals surface area contributed by atoms with E-state index < -0.39 is 0 Å². The van der Waals surface area contributed by atoms with Crippen molar-refractivity contribution in [1.82, 2.24) is 19.9 Å². The number of imidazole rings is 1. The molecule has 2 aromatic heterocycles. The maximum absolute atomic E-state index is 13.8. The van der Waals surface area contributed by atoms with Crippen LogP contribution in [0.15, 0.2) is 30.6 Å². The van der Waals surface area contributed by atoms with Crippen molar-refractivity contribution in [3.8, 4) is 0 Å². The van der Waals surface area contributed by atoms with Gasteiger partial charge in [0.05, 0.1) is 12.0 Å². The number of aromatic nitrogens is 4. The Morgan fingerprint density at radius 3 is 2.79 bits per heavy atom. The fourth-order valence-corrected chi connectivity index (χ4v) is 2.00. The van der Waals surface area contributed by atoms with E-state index in [1.165, 1.54) is 6.07 Å². The number of fused-ring (bicyclic) bond motifs is 1. The number of hydrogen-bond acceptors (Lipinski definition) is 4. The van der Waals surface area contributed by atoms with Gasteiger partial charge < -0.3 is 9.88 Å². The fourth-order valence-electron chi connectivity index (χ4n) is 2.00. The van der Waals surface area contributed by atoms with Crippen LogP contribution in [0.1, 0.15) is 5.82 Å². The van der Waals surface area contributed by atoms with E-state index in [-0.39, 0.29) is 5.82 Å². The molecule has 0 aliphatic rings. The van der Waals surface area contributed by atoms with Gasteiger partial charge in [-0.25, -0.2) is 19.3 Å². The molecule has 3 aromatic rings. The third kappa shape index (κ3) is 1.91. The molecule has 3 rings (SSSR count). The highest BCUT2D eigenvalue weighted by molar-refractivity contribution is 5.85. The lowest BCUT2D eigenvalue weighted by atomic mass is 10.3. The van der Waals surface area contributed by atoms with Crippen molar-refractivity contribution < 1.29 is 4.39 Å². The van der Waals surface area contributed by atoms with Crippen LogP contribution in [0.4, 0.5) is 15.9 Å². The van der Waals surface area contributed by atoms with Crippen LogP contribution < -0.4 is 4.90 Å². The quantitative estimate of drug-likeness (QED) is 0.766. The van der Waals surface area contributed by atoms with Crippen LogP contribution >= 0.6 is 0 Å². The van der Waals surface area contributed by atoms with Crippen LogP contribution in [-0.4, -0.2) is 27.0 Å². The number of anilines is 2. The minimum atomic E-state index is -0.297. The lowest BCUT2D eigenvalue weighted by Crippen LogP contribution is -2.14. The van der Waals surface area contributed by atoms with Gasteiger partial charge in [0.25, 0.3) is 0 Å². The molecule has 1 N–H and O–H groups in total. The SMILES string of the molecule is Cc1nc(N(C)c2ccccc2F)c2[nH]cnc2n1. The Morgan fingerprint density at radius 1 is 1.21 bits per heavy atom. The van der Waals surface area contributed by atoms with E-state index in [4.69, 9.17) is 0 Å². The highest BCUT2D eigenvalue weighted by Crippen LogP contribution is 2.28. The number of aromatic amines is 1. The molecule has 1 aromatic carbocycles. The molecular formula is C13H12FN5. The molecule has 0 amide bonds. The van der Waals surface area contributed by atoms with Gasteiger partial charge in [-0.3, -0.25) is 0 Å². The molecule has 0 aliphatic carbocycles. The lowest BCUT2D eigenvalue weighted by Gasteiger charge is -2.19. The summed E-state index contributed by atoms with van der Waals surface area (Å²) in [5, 5.41) is 0. The summed E-state index contributed by atoms with van der Waals surface area (Å²) >= 11 is 0. The zero-order chi connectivity index (χ0) is 13.4. The number of hydrogen-bond donors (Lipinski definition) is 1. The van der Waals surface area contributed by atoms with Crippen LogP contribution in [-0.2, 0) is 0 Å². The van der Waals surface area contributed by atoms with Crippen molar-refractivity contribution in [2.45, 2.75) is 6.92 Å². The van der Waals surface area contributed by atoms with Crippen LogP contribution in [0.3, 0.4) is 0 Å². The molecular weight excluding hydrogens is 245 g/mol. The number of H-pyrrole nitrogens is 1. The second-order valence-electron chi connectivity index (χ2n) is 4.21. The smallest absolute Gasteiger partial charge is 0.183 e. The summed E-state index contributed by atoms with van der Waals surface area (Å²) in [7, 11) is 1.76. The number of para-hydroxylation sites is 1. The van der Waals surface area contributed by atoms with Crippen molar-refractivity contribution in [3.63, 3.8) is 0 Å². The number of nitrogens with zero attached hydrogens (tertiary/aromatic N) is 4.